The minimum atomic E-state index is 0.0437. The maximum absolute atomic E-state index is 2.75. The van der Waals surface area contributed by atoms with E-state index in [-0.39, 0.29) is 28.4 Å². The molecule has 72 heavy (non-hydrogen) atoms. The monoisotopic (exact) mass is 944 g/mol. The van der Waals surface area contributed by atoms with Crippen molar-refractivity contribution < 1.29 is 0 Å². The molecule has 3 nitrogen and oxygen atoms in total. The first-order valence-electron chi connectivity index (χ1n) is 28.0. The fourth-order valence-electron chi connectivity index (χ4n) is 14.5. The number of rotatable bonds is 5. The number of benzene rings is 7. The first-order chi connectivity index (χ1) is 34.7. The number of fused-ring (bicyclic) bond motifs is 8. The molecule has 364 valence electrons. The summed E-state index contributed by atoms with van der Waals surface area (Å²) in [5.41, 5.74) is 28.2. The fourth-order valence-corrected chi connectivity index (χ4v) is 14.5. The lowest BCUT2D eigenvalue weighted by atomic mass is 9.33. The molecular formula is C68H74BN3. The van der Waals surface area contributed by atoms with Crippen molar-refractivity contribution in [3.05, 3.63) is 178 Å². The van der Waals surface area contributed by atoms with Gasteiger partial charge in [0, 0.05) is 45.5 Å². The number of para-hydroxylation sites is 2. The van der Waals surface area contributed by atoms with Gasteiger partial charge < -0.3 is 14.7 Å². The predicted octanol–water partition coefficient (Wildman–Crippen LogP) is 16.5. The van der Waals surface area contributed by atoms with Crippen LogP contribution < -0.4 is 31.1 Å². The molecule has 0 radical (unpaired) electrons. The van der Waals surface area contributed by atoms with Crippen molar-refractivity contribution in [2.24, 2.45) is 0 Å². The van der Waals surface area contributed by atoms with Crippen LogP contribution in [0.1, 0.15) is 164 Å². The highest BCUT2D eigenvalue weighted by atomic mass is 15.2. The molecule has 0 bridgehead atoms. The van der Waals surface area contributed by atoms with Gasteiger partial charge in [-0.25, -0.2) is 0 Å². The molecule has 13 rings (SSSR count). The van der Waals surface area contributed by atoms with E-state index in [1.807, 2.05) is 0 Å². The molecule has 7 aromatic carbocycles. The van der Waals surface area contributed by atoms with E-state index >= 15 is 0 Å². The third kappa shape index (κ3) is 7.34. The van der Waals surface area contributed by atoms with Gasteiger partial charge in [-0.2, -0.15) is 0 Å². The molecule has 7 aromatic rings. The minimum absolute atomic E-state index is 0.0437. The van der Waals surface area contributed by atoms with Crippen molar-refractivity contribution in [3.63, 3.8) is 0 Å². The Hall–Kier alpha value is -6.00. The predicted molar refractivity (Wildman–Crippen MR) is 308 cm³/mol. The SMILES string of the molecule is CC1(C)CCC(C)(C)c2cc(N3c4cc5c(cc4B4c6cc7c(cc6N(c6ccc8c(c6)CCCCC8)c6cc(N(c8ccccc8)c8ccccc8)cc3c64)CCCCC7)C(C)(C)CCC5(C)C)ccc21. The number of hydrogen-bond acceptors (Lipinski definition) is 3. The summed E-state index contributed by atoms with van der Waals surface area (Å²) >= 11 is 0. The molecule has 0 saturated heterocycles. The Balaban J connectivity index is 1.18. The second-order valence-corrected chi connectivity index (χ2v) is 25.5. The Morgan fingerprint density at radius 2 is 0.806 bits per heavy atom. The van der Waals surface area contributed by atoms with Gasteiger partial charge >= 0.3 is 0 Å². The molecule has 0 saturated carbocycles. The van der Waals surface area contributed by atoms with Crippen LogP contribution in [0, 0.1) is 0 Å². The Kier molecular flexibility index (Phi) is 10.7. The lowest BCUT2D eigenvalue weighted by Crippen LogP contribution is -2.62. The lowest BCUT2D eigenvalue weighted by molar-refractivity contribution is 0.332. The quantitative estimate of drug-likeness (QED) is 0.126. The van der Waals surface area contributed by atoms with Crippen LogP contribution in [0.5, 0.6) is 0 Å². The molecule has 0 unspecified atom stereocenters. The zero-order valence-electron chi connectivity index (χ0n) is 44.5. The van der Waals surface area contributed by atoms with Crippen molar-refractivity contribution in [3.8, 4) is 0 Å². The number of aryl methyl sites for hydroxylation is 4. The van der Waals surface area contributed by atoms with Crippen LogP contribution in [0.2, 0.25) is 0 Å². The first-order valence-corrected chi connectivity index (χ1v) is 28.0. The van der Waals surface area contributed by atoms with Crippen molar-refractivity contribution in [2.75, 3.05) is 14.7 Å². The average Bonchev–Trinajstić information content (AvgIpc) is 3.77. The van der Waals surface area contributed by atoms with Gasteiger partial charge in [0.05, 0.1) is 5.69 Å². The molecule has 0 N–H and O–H groups in total. The van der Waals surface area contributed by atoms with E-state index in [9.17, 15) is 0 Å². The third-order valence-corrected chi connectivity index (χ3v) is 19.0. The highest BCUT2D eigenvalue weighted by molar-refractivity contribution is 7.00. The van der Waals surface area contributed by atoms with Crippen molar-refractivity contribution >= 4 is 74.3 Å². The van der Waals surface area contributed by atoms with Crippen LogP contribution in [0.15, 0.2) is 133 Å². The molecular weight excluding hydrogens is 870 g/mol. The Labute approximate surface area is 431 Å². The second kappa shape index (κ2) is 16.8. The van der Waals surface area contributed by atoms with Crippen LogP contribution in [0.3, 0.4) is 0 Å². The summed E-state index contributed by atoms with van der Waals surface area (Å²) in [7, 11) is 0. The van der Waals surface area contributed by atoms with Gasteiger partial charge in [0.1, 0.15) is 0 Å². The molecule has 0 spiro atoms. The molecule has 4 heteroatoms. The number of hydrogen-bond donors (Lipinski definition) is 0. The van der Waals surface area contributed by atoms with Crippen LogP contribution in [0.25, 0.3) is 0 Å². The molecule has 0 amide bonds. The smallest absolute Gasteiger partial charge is 0.252 e. The van der Waals surface area contributed by atoms with Crippen LogP contribution in [0.4, 0.5) is 51.2 Å². The van der Waals surface area contributed by atoms with E-state index in [2.05, 4.69) is 204 Å². The van der Waals surface area contributed by atoms with E-state index in [0.717, 1.165) is 30.6 Å². The van der Waals surface area contributed by atoms with E-state index in [1.165, 1.54) is 160 Å². The largest absolute Gasteiger partial charge is 0.311 e. The van der Waals surface area contributed by atoms with Gasteiger partial charge in [-0.1, -0.05) is 129 Å². The maximum Gasteiger partial charge on any atom is 0.252 e. The third-order valence-electron chi connectivity index (χ3n) is 19.0. The molecule has 2 aliphatic heterocycles. The zero-order valence-corrected chi connectivity index (χ0v) is 44.5. The molecule has 0 aromatic heterocycles. The number of nitrogens with zero attached hydrogens (tertiary/aromatic N) is 3. The molecule has 0 atom stereocenters. The van der Waals surface area contributed by atoms with Crippen LogP contribution >= 0.6 is 0 Å². The first kappa shape index (κ1) is 45.8. The summed E-state index contributed by atoms with van der Waals surface area (Å²) in [6, 6.07) is 53.4. The molecule has 0 fully saturated rings. The zero-order chi connectivity index (χ0) is 49.3. The summed E-state index contributed by atoms with van der Waals surface area (Å²) in [6.45, 7) is 20.0. The molecule has 4 aliphatic carbocycles. The summed E-state index contributed by atoms with van der Waals surface area (Å²) in [5.74, 6) is 0. The normalized spacial score (nSPS) is 19.5. The maximum atomic E-state index is 2.75. The van der Waals surface area contributed by atoms with Gasteiger partial charge in [0.2, 0.25) is 0 Å². The lowest BCUT2D eigenvalue weighted by Gasteiger charge is -2.48. The van der Waals surface area contributed by atoms with Crippen molar-refractivity contribution in [1.29, 1.82) is 0 Å². The van der Waals surface area contributed by atoms with E-state index in [4.69, 9.17) is 0 Å². The summed E-state index contributed by atoms with van der Waals surface area (Å²) in [6.07, 6.45) is 17.0. The van der Waals surface area contributed by atoms with E-state index in [1.54, 1.807) is 11.1 Å². The van der Waals surface area contributed by atoms with E-state index in [0.29, 0.717) is 0 Å². The van der Waals surface area contributed by atoms with E-state index < -0.39 is 0 Å². The fraction of sp³-hybridized carbons (Fsp3) is 0.382. The van der Waals surface area contributed by atoms with Gasteiger partial charge in [0.15, 0.2) is 0 Å². The Morgan fingerprint density at radius 3 is 1.39 bits per heavy atom. The molecule has 2 heterocycles. The van der Waals surface area contributed by atoms with Gasteiger partial charge in [0.25, 0.3) is 6.71 Å². The van der Waals surface area contributed by atoms with Crippen molar-refractivity contribution in [2.45, 2.75) is 167 Å². The number of anilines is 9. The minimum Gasteiger partial charge on any atom is -0.311 e. The molecule has 6 aliphatic rings. The van der Waals surface area contributed by atoms with Gasteiger partial charge in [-0.3, -0.25) is 0 Å². The van der Waals surface area contributed by atoms with Gasteiger partial charge in [-0.15, -0.1) is 0 Å². The highest BCUT2D eigenvalue weighted by Gasteiger charge is 2.48. The van der Waals surface area contributed by atoms with Crippen LogP contribution in [-0.2, 0) is 47.3 Å². The standard InChI is InChI=1S/C68H74BN3/c1-65(2)33-34-66(3,4)55-40-52(31-32-54(55)65)72-61-44-57-56(67(5,6)35-36-68(57,7)8)43-59(61)69-58-38-47-23-15-10-16-24-48(47)39-60(58)71(51-30-29-45-21-13-9-14-22-46(45)37-51)62-41-53(42-63(72)64(62)69)70(49-25-17-11-18-26-49)50-27-19-12-20-28-50/h11-12,17-20,25-32,37-44H,9-10,13-16,21-24,33-36H2,1-8H3. The Bertz CT molecular complexity index is 3250. The highest BCUT2D eigenvalue weighted by Crippen LogP contribution is 2.54. The topological polar surface area (TPSA) is 9.72 Å². The Morgan fingerprint density at radius 1 is 0.361 bits per heavy atom. The summed E-state index contributed by atoms with van der Waals surface area (Å²) < 4.78 is 0. The summed E-state index contributed by atoms with van der Waals surface area (Å²) in [5, 5.41) is 0. The van der Waals surface area contributed by atoms with Crippen molar-refractivity contribution in [1.82, 2.24) is 0 Å². The van der Waals surface area contributed by atoms with Crippen LogP contribution in [-0.4, -0.2) is 6.71 Å². The van der Waals surface area contributed by atoms with Gasteiger partial charge in [-0.05, 0) is 232 Å². The summed E-state index contributed by atoms with van der Waals surface area (Å²) in [4.78, 5) is 8.01. The average molecular weight is 944 g/mol. The second-order valence-electron chi connectivity index (χ2n) is 25.5.